The molecule has 0 radical (unpaired) electrons. The van der Waals surface area contributed by atoms with Crippen LogP contribution in [0.25, 0.3) is 5.69 Å². The molecule has 0 saturated heterocycles. The zero-order valence-corrected chi connectivity index (χ0v) is 8.16. The van der Waals surface area contributed by atoms with E-state index in [1.165, 1.54) is 17.1 Å². The van der Waals surface area contributed by atoms with Gasteiger partial charge in [-0.3, -0.25) is 0 Å². The molecule has 14 heavy (non-hydrogen) atoms. The van der Waals surface area contributed by atoms with E-state index in [1.807, 2.05) is 0 Å². The Morgan fingerprint density at radius 2 is 2.21 bits per heavy atom. The largest absolute Gasteiger partial charge is 0.220 e. The lowest BCUT2D eigenvalue weighted by Crippen LogP contribution is -1.98. The SMILES string of the molecule is Cc1ncn(-c2ccc(Cl)cc2F)n1. The van der Waals surface area contributed by atoms with Crippen LogP contribution in [0.4, 0.5) is 4.39 Å². The Hall–Kier alpha value is -1.42. The zero-order valence-electron chi connectivity index (χ0n) is 7.41. The molecule has 2 rings (SSSR count). The van der Waals surface area contributed by atoms with Gasteiger partial charge in [-0.25, -0.2) is 14.1 Å². The third kappa shape index (κ3) is 1.61. The molecule has 2 aromatic rings. The topological polar surface area (TPSA) is 30.7 Å². The molecule has 0 spiro atoms. The Morgan fingerprint density at radius 1 is 1.43 bits per heavy atom. The van der Waals surface area contributed by atoms with Gasteiger partial charge >= 0.3 is 0 Å². The van der Waals surface area contributed by atoms with Crippen molar-refractivity contribution >= 4 is 11.6 Å². The molecule has 0 N–H and O–H groups in total. The summed E-state index contributed by atoms with van der Waals surface area (Å²) in [6.45, 7) is 1.74. The number of rotatable bonds is 1. The predicted molar refractivity (Wildman–Crippen MR) is 51.1 cm³/mol. The molecular weight excluding hydrogens is 205 g/mol. The maximum atomic E-state index is 13.4. The van der Waals surface area contributed by atoms with Gasteiger partial charge < -0.3 is 0 Å². The van der Waals surface area contributed by atoms with E-state index in [-0.39, 0.29) is 0 Å². The van der Waals surface area contributed by atoms with Crippen LogP contribution in [0.1, 0.15) is 5.82 Å². The second-order valence-corrected chi connectivity index (χ2v) is 3.27. The first-order chi connectivity index (χ1) is 6.66. The maximum Gasteiger partial charge on any atom is 0.150 e. The summed E-state index contributed by atoms with van der Waals surface area (Å²) in [5.74, 6) is 0.182. The van der Waals surface area contributed by atoms with Gasteiger partial charge in [0.05, 0.1) is 0 Å². The minimum absolute atomic E-state index is 0.343. The molecule has 5 heteroatoms. The lowest BCUT2D eigenvalue weighted by molar-refractivity contribution is 0.610. The molecule has 0 fully saturated rings. The molecule has 72 valence electrons. The number of hydrogen-bond donors (Lipinski definition) is 0. The quantitative estimate of drug-likeness (QED) is 0.725. The van der Waals surface area contributed by atoms with Crippen LogP contribution in [0.15, 0.2) is 24.5 Å². The minimum Gasteiger partial charge on any atom is -0.220 e. The van der Waals surface area contributed by atoms with Gasteiger partial charge in [-0.05, 0) is 25.1 Å². The van der Waals surface area contributed by atoms with Crippen molar-refractivity contribution in [3.05, 3.63) is 41.2 Å². The van der Waals surface area contributed by atoms with Gasteiger partial charge in [0.1, 0.15) is 23.7 Å². The second kappa shape index (κ2) is 3.38. The molecule has 0 atom stereocenters. The first-order valence-corrected chi connectivity index (χ1v) is 4.38. The normalized spacial score (nSPS) is 10.5. The van der Waals surface area contributed by atoms with Crippen LogP contribution in [0.3, 0.4) is 0 Å². The van der Waals surface area contributed by atoms with Gasteiger partial charge in [-0.2, -0.15) is 5.10 Å². The monoisotopic (exact) mass is 211 g/mol. The number of aryl methyl sites for hydroxylation is 1. The van der Waals surface area contributed by atoms with Crippen molar-refractivity contribution < 1.29 is 4.39 Å². The van der Waals surface area contributed by atoms with Gasteiger partial charge in [0, 0.05) is 5.02 Å². The molecular formula is C9H7ClFN3. The van der Waals surface area contributed by atoms with Crippen molar-refractivity contribution in [3.63, 3.8) is 0 Å². The van der Waals surface area contributed by atoms with E-state index in [1.54, 1.807) is 19.1 Å². The van der Waals surface area contributed by atoms with Gasteiger partial charge in [0.2, 0.25) is 0 Å². The standard InChI is InChI=1S/C9H7ClFN3/c1-6-12-5-14(13-6)9-3-2-7(10)4-8(9)11/h2-5H,1H3. The van der Waals surface area contributed by atoms with Crippen LogP contribution in [-0.2, 0) is 0 Å². The van der Waals surface area contributed by atoms with Crippen molar-refractivity contribution in [2.24, 2.45) is 0 Å². The number of benzene rings is 1. The molecule has 1 heterocycles. The summed E-state index contributed by atoms with van der Waals surface area (Å²) >= 11 is 5.62. The Morgan fingerprint density at radius 3 is 2.79 bits per heavy atom. The smallest absolute Gasteiger partial charge is 0.150 e. The van der Waals surface area contributed by atoms with Crippen LogP contribution in [-0.4, -0.2) is 14.8 Å². The number of nitrogens with zero attached hydrogens (tertiary/aromatic N) is 3. The summed E-state index contributed by atoms with van der Waals surface area (Å²) in [6, 6.07) is 4.41. The van der Waals surface area contributed by atoms with E-state index in [4.69, 9.17) is 11.6 Å². The van der Waals surface area contributed by atoms with E-state index in [2.05, 4.69) is 10.1 Å². The molecule has 0 aliphatic carbocycles. The van der Waals surface area contributed by atoms with Crippen molar-refractivity contribution in [1.82, 2.24) is 14.8 Å². The molecule has 0 aliphatic heterocycles. The van der Waals surface area contributed by atoms with Crippen LogP contribution in [0.5, 0.6) is 0 Å². The van der Waals surface area contributed by atoms with Crippen molar-refractivity contribution in [2.45, 2.75) is 6.92 Å². The summed E-state index contributed by atoms with van der Waals surface area (Å²) in [7, 11) is 0. The van der Waals surface area contributed by atoms with Crippen LogP contribution >= 0.6 is 11.6 Å². The molecule has 0 aliphatic rings. The highest BCUT2D eigenvalue weighted by Gasteiger charge is 2.06. The third-order valence-corrected chi connectivity index (χ3v) is 2.00. The van der Waals surface area contributed by atoms with Crippen LogP contribution in [0.2, 0.25) is 5.02 Å². The molecule has 1 aromatic carbocycles. The first-order valence-electron chi connectivity index (χ1n) is 4.00. The summed E-state index contributed by atoms with van der Waals surface area (Å²) in [6.07, 6.45) is 1.46. The molecule has 1 aromatic heterocycles. The highest BCUT2D eigenvalue weighted by molar-refractivity contribution is 6.30. The molecule has 0 amide bonds. The first kappa shape index (κ1) is 9.15. The lowest BCUT2D eigenvalue weighted by Gasteiger charge is -2.01. The van der Waals surface area contributed by atoms with Crippen molar-refractivity contribution in [2.75, 3.05) is 0 Å². The number of hydrogen-bond acceptors (Lipinski definition) is 2. The van der Waals surface area contributed by atoms with E-state index >= 15 is 0 Å². The zero-order chi connectivity index (χ0) is 10.1. The number of halogens is 2. The molecule has 3 nitrogen and oxygen atoms in total. The van der Waals surface area contributed by atoms with Gasteiger partial charge in [0.15, 0.2) is 0 Å². The minimum atomic E-state index is -0.414. The summed E-state index contributed by atoms with van der Waals surface area (Å²) in [4.78, 5) is 3.91. The maximum absolute atomic E-state index is 13.4. The predicted octanol–water partition coefficient (Wildman–Crippen LogP) is 2.37. The Labute approximate surface area is 85.1 Å². The van der Waals surface area contributed by atoms with E-state index in [0.717, 1.165) is 0 Å². The second-order valence-electron chi connectivity index (χ2n) is 2.83. The van der Waals surface area contributed by atoms with Gasteiger partial charge in [-0.15, -0.1) is 0 Å². The van der Waals surface area contributed by atoms with E-state index in [9.17, 15) is 4.39 Å². The van der Waals surface area contributed by atoms with Crippen molar-refractivity contribution in [3.8, 4) is 5.69 Å². The average molecular weight is 212 g/mol. The highest BCUT2D eigenvalue weighted by Crippen LogP contribution is 2.17. The molecule has 0 unspecified atom stereocenters. The van der Waals surface area contributed by atoms with E-state index < -0.39 is 5.82 Å². The van der Waals surface area contributed by atoms with Crippen molar-refractivity contribution in [1.29, 1.82) is 0 Å². The van der Waals surface area contributed by atoms with Gasteiger partial charge in [-0.1, -0.05) is 11.6 Å². The third-order valence-electron chi connectivity index (χ3n) is 1.76. The summed E-state index contributed by atoms with van der Waals surface area (Å²) < 4.78 is 14.7. The van der Waals surface area contributed by atoms with Crippen LogP contribution in [0, 0.1) is 12.7 Å². The average Bonchev–Trinajstić information content (AvgIpc) is 2.51. The Balaban J connectivity index is 2.52. The van der Waals surface area contributed by atoms with Gasteiger partial charge in [0.25, 0.3) is 0 Å². The summed E-state index contributed by atoms with van der Waals surface area (Å²) in [5, 5.41) is 4.36. The number of aromatic nitrogens is 3. The van der Waals surface area contributed by atoms with Crippen LogP contribution < -0.4 is 0 Å². The Bertz CT molecular complexity index is 467. The lowest BCUT2D eigenvalue weighted by atomic mass is 10.3. The fourth-order valence-electron chi connectivity index (χ4n) is 1.13. The molecule has 0 bridgehead atoms. The highest BCUT2D eigenvalue weighted by atomic mass is 35.5. The fourth-order valence-corrected chi connectivity index (χ4v) is 1.29. The summed E-state index contributed by atoms with van der Waals surface area (Å²) in [5.41, 5.74) is 0.343. The Kier molecular flexibility index (Phi) is 2.21. The van der Waals surface area contributed by atoms with E-state index in [0.29, 0.717) is 16.5 Å². The fraction of sp³-hybridized carbons (Fsp3) is 0.111. The molecule has 0 saturated carbocycles.